The third kappa shape index (κ3) is 3.27. The summed E-state index contributed by atoms with van der Waals surface area (Å²) in [6.45, 7) is 0.885. The second-order valence-corrected chi connectivity index (χ2v) is 4.83. The maximum atomic E-state index is 12.6. The Morgan fingerprint density at radius 1 is 1.17 bits per heavy atom. The van der Waals surface area contributed by atoms with Gasteiger partial charge >= 0.3 is 0 Å². The number of aliphatic hydroxyl groups is 1. The molecule has 18 heavy (non-hydrogen) atoms. The van der Waals surface area contributed by atoms with Crippen molar-refractivity contribution in [3.05, 3.63) is 35.4 Å². The van der Waals surface area contributed by atoms with Crippen LogP contribution in [-0.4, -0.2) is 17.7 Å². The molecule has 1 aromatic carbocycles. The molecule has 0 saturated carbocycles. The summed E-state index contributed by atoms with van der Waals surface area (Å²) in [5, 5.41) is 13.6. The third-order valence-electron chi connectivity index (χ3n) is 3.48. The topological polar surface area (TPSA) is 32.3 Å². The van der Waals surface area contributed by atoms with Gasteiger partial charge in [0.15, 0.2) is 0 Å². The van der Waals surface area contributed by atoms with Crippen LogP contribution in [-0.2, 0) is 0 Å². The van der Waals surface area contributed by atoms with Crippen LogP contribution in [0.25, 0.3) is 0 Å². The number of hydrogen-bond acceptors (Lipinski definition) is 2. The fraction of sp³-hybridized carbons (Fsp3) is 0.571. The molecule has 1 heterocycles. The van der Waals surface area contributed by atoms with E-state index in [4.69, 9.17) is 0 Å². The molecule has 0 amide bonds. The van der Waals surface area contributed by atoms with Gasteiger partial charge in [-0.2, -0.15) is 0 Å². The molecule has 0 aromatic heterocycles. The lowest BCUT2D eigenvalue weighted by Crippen LogP contribution is -2.34. The Labute approximate surface area is 106 Å². The molecular weight excluding hydrogens is 236 g/mol. The summed E-state index contributed by atoms with van der Waals surface area (Å²) in [6.07, 6.45) is 1.04. The molecule has 1 aliphatic rings. The largest absolute Gasteiger partial charge is 0.387 e. The fourth-order valence-corrected chi connectivity index (χ4v) is 2.44. The first-order valence-electron chi connectivity index (χ1n) is 6.48. The van der Waals surface area contributed by atoms with Crippen LogP contribution in [0.5, 0.6) is 0 Å². The highest BCUT2D eigenvalue weighted by Crippen LogP contribution is 2.26. The Morgan fingerprint density at radius 3 is 2.72 bits per heavy atom. The summed E-state index contributed by atoms with van der Waals surface area (Å²) < 4.78 is 25.2. The molecule has 0 bridgehead atoms. The fourth-order valence-electron chi connectivity index (χ4n) is 2.44. The van der Waals surface area contributed by atoms with Crippen molar-refractivity contribution in [1.29, 1.82) is 0 Å². The van der Waals surface area contributed by atoms with Gasteiger partial charge in [0.25, 0.3) is 6.43 Å². The summed E-state index contributed by atoms with van der Waals surface area (Å²) in [4.78, 5) is 0. The molecule has 1 aromatic rings. The number of nitrogens with one attached hydrogen (secondary N) is 1. The molecule has 1 aliphatic heterocycles. The Morgan fingerprint density at radius 2 is 1.94 bits per heavy atom. The molecule has 2 N–H and O–H groups in total. The average molecular weight is 255 g/mol. The van der Waals surface area contributed by atoms with Gasteiger partial charge < -0.3 is 10.4 Å². The second-order valence-electron chi connectivity index (χ2n) is 4.83. The van der Waals surface area contributed by atoms with Crippen molar-refractivity contribution in [3.8, 4) is 0 Å². The number of halogens is 2. The predicted octanol–water partition coefficient (Wildman–Crippen LogP) is 3.19. The minimum Gasteiger partial charge on any atom is -0.387 e. The first-order chi connectivity index (χ1) is 8.68. The predicted molar refractivity (Wildman–Crippen MR) is 66.6 cm³/mol. The van der Waals surface area contributed by atoms with E-state index in [9.17, 15) is 13.9 Å². The highest BCUT2D eigenvalue weighted by molar-refractivity contribution is 5.26. The van der Waals surface area contributed by atoms with Crippen molar-refractivity contribution >= 4 is 0 Å². The molecule has 0 spiro atoms. The van der Waals surface area contributed by atoms with Crippen molar-refractivity contribution in [1.82, 2.24) is 5.32 Å². The number of benzene rings is 1. The van der Waals surface area contributed by atoms with Gasteiger partial charge in [-0.1, -0.05) is 31.0 Å². The van der Waals surface area contributed by atoms with Gasteiger partial charge in [0, 0.05) is 11.6 Å². The minimum atomic E-state index is -2.49. The van der Waals surface area contributed by atoms with Crippen LogP contribution in [0.1, 0.15) is 49.3 Å². The zero-order chi connectivity index (χ0) is 13.0. The zero-order valence-corrected chi connectivity index (χ0v) is 10.3. The Bertz CT molecular complexity index is 376. The lowest BCUT2D eigenvalue weighted by Gasteiger charge is -2.23. The zero-order valence-electron chi connectivity index (χ0n) is 10.3. The van der Waals surface area contributed by atoms with Gasteiger partial charge in [-0.25, -0.2) is 8.78 Å². The van der Waals surface area contributed by atoms with Crippen molar-refractivity contribution < 1.29 is 13.9 Å². The van der Waals surface area contributed by atoms with E-state index in [1.807, 2.05) is 0 Å². The normalized spacial score (nSPS) is 22.8. The van der Waals surface area contributed by atoms with E-state index in [-0.39, 0.29) is 11.6 Å². The lowest BCUT2D eigenvalue weighted by atomic mass is 9.97. The standard InChI is InChI=1S/C14H19F2NO/c15-14(16)11-6-4-5-10(9-11)13(18)12-7-2-1-3-8-17-12/h4-6,9,12-14,17-18H,1-3,7-8H2. The SMILES string of the molecule is OC(c1cccc(C(F)F)c1)C1CCCCCN1. The van der Waals surface area contributed by atoms with Gasteiger partial charge in [-0.3, -0.25) is 0 Å². The second kappa shape index (κ2) is 6.25. The molecule has 2 unspecified atom stereocenters. The molecule has 2 rings (SSSR count). The Balaban J connectivity index is 2.11. The Kier molecular flexibility index (Phi) is 4.66. The molecule has 4 heteroatoms. The number of aliphatic hydroxyl groups excluding tert-OH is 1. The maximum absolute atomic E-state index is 12.6. The first-order valence-corrected chi connectivity index (χ1v) is 6.48. The van der Waals surface area contributed by atoms with E-state index in [1.54, 1.807) is 12.1 Å². The van der Waals surface area contributed by atoms with Crippen LogP contribution < -0.4 is 5.32 Å². The van der Waals surface area contributed by atoms with Crippen LogP contribution in [0.2, 0.25) is 0 Å². The number of hydrogen-bond donors (Lipinski definition) is 2. The van der Waals surface area contributed by atoms with E-state index in [0.29, 0.717) is 5.56 Å². The molecule has 0 aliphatic carbocycles. The van der Waals surface area contributed by atoms with Crippen LogP contribution >= 0.6 is 0 Å². The molecule has 100 valence electrons. The molecule has 2 atom stereocenters. The maximum Gasteiger partial charge on any atom is 0.263 e. The quantitative estimate of drug-likeness (QED) is 0.869. The van der Waals surface area contributed by atoms with Gasteiger partial charge in [-0.15, -0.1) is 0 Å². The van der Waals surface area contributed by atoms with Gasteiger partial charge in [0.05, 0.1) is 6.10 Å². The van der Waals surface area contributed by atoms with Crippen LogP contribution in [0.3, 0.4) is 0 Å². The lowest BCUT2D eigenvalue weighted by molar-refractivity contribution is 0.124. The molecular formula is C14H19F2NO. The van der Waals surface area contributed by atoms with Crippen molar-refractivity contribution in [2.24, 2.45) is 0 Å². The summed E-state index contributed by atoms with van der Waals surface area (Å²) in [6, 6.07) is 6.06. The van der Waals surface area contributed by atoms with E-state index < -0.39 is 12.5 Å². The number of alkyl halides is 2. The van der Waals surface area contributed by atoms with Gasteiger partial charge in [0.2, 0.25) is 0 Å². The van der Waals surface area contributed by atoms with Gasteiger partial charge in [0.1, 0.15) is 0 Å². The molecule has 0 radical (unpaired) electrons. The minimum absolute atomic E-state index is 0.0274. The van der Waals surface area contributed by atoms with E-state index in [2.05, 4.69) is 5.32 Å². The van der Waals surface area contributed by atoms with Crippen LogP contribution in [0, 0.1) is 0 Å². The highest BCUT2D eigenvalue weighted by Gasteiger charge is 2.22. The van der Waals surface area contributed by atoms with Crippen molar-refractivity contribution in [2.45, 2.75) is 44.3 Å². The van der Waals surface area contributed by atoms with Gasteiger partial charge in [-0.05, 0) is 31.0 Å². The van der Waals surface area contributed by atoms with Crippen LogP contribution in [0.4, 0.5) is 8.78 Å². The Hall–Kier alpha value is -1.00. The van der Waals surface area contributed by atoms with E-state index in [1.165, 1.54) is 12.1 Å². The smallest absolute Gasteiger partial charge is 0.263 e. The first kappa shape index (κ1) is 13.4. The molecule has 1 fully saturated rings. The van der Waals surface area contributed by atoms with E-state index in [0.717, 1.165) is 32.2 Å². The average Bonchev–Trinajstić information content (AvgIpc) is 2.67. The monoisotopic (exact) mass is 255 g/mol. The van der Waals surface area contributed by atoms with Crippen molar-refractivity contribution in [3.63, 3.8) is 0 Å². The highest BCUT2D eigenvalue weighted by atomic mass is 19.3. The van der Waals surface area contributed by atoms with E-state index >= 15 is 0 Å². The molecule has 2 nitrogen and oxygen atoms in total. The number of rotatable bonds is 3. The summed E-state index contributed by atoms with van der Waals surface area (Å²) in [5.74, 6) is 0. The van der Waals surface area contributed by atoms with Crippen molar-refractivity contribution in [2.75, 3.05) is 6.54 Å². The third-order valence-corrected chi connectivity index (χ3v) is 3.48. The summed E-state index contributed by atoms with van der Waals surface area (Å²) >= 11 is 0. The molecule has 1 saturated heterocycles. The summed E-state index contributed by atoms with van der Waals surface area (Å²) in [7, 11) is 0. The van der Waals surface area contributed by atoms with Crippen LogP contribution in [0.15, 0.2) is 24.3 Å². The summed E-state index contributed by atoms with van der Waals surface area (Å²) in [5.41, 5.74) is 0.548.